The lowest BCUT2D eigenvalue weighted by atomic mass is 9.99. The van der Waals surface area contributed by atoms with E-state index in [0.29, 0.717) is 11.3 Å². The zero-order valence-corrected chi connectivity index (χ0v) is 16.8. The van der Waals surface area contributed by atoms with Gasteiger partial charge < -0.3 is 15.0 Å². The highest BCUT2D eigenvalue weighted by molar-refractivity contribution is 5.95. The van der Waals surface area contributed by atoms with E-state index in [4.69, 9.17) is 4.74 Å². The molecular weight excluding hydrogens is 352 g/mol. The number of Topliss-reactive ketones (excluding diaryl/α,β-unsaturated/α-hetero) is 1. The van der Waals surface area contributed by atoms with Gasteiger partial charge in [0.15, 0.2) is 11.9 Å². The SMILES string of the molecule is CC(=O)c1cccc(OC(C)C(=O)Nc2ccc(N3CCC(C)CC3)cc2)c1. The summed E-state index contributed by atoms with van der Waals surface area (Å²) >= 11 is 0. The quantitative estimate of drug-likeness (QED) is 0.748. The molecule has 0 aromatic heterocycles. The van der Waals surface area contributed by atoms with E-state index in [-0.39, 0.29) is 11.7 Å². The van der Waals surface area contributed by atoms with Crippen molar-refractivity contribution < 1.29 is 14.3 Å². The number of anilines is 2. The van der Waals surface area contributed by atoms with Crippen molar-refractivity contribution in [1.82, 2.24) is 0 Å². The van der Waals surface area contributed by atoms with Gasteiger partial charge in [0.05, 0.1) is 0 Å². The van der Waals surface area contributed by atoms with Gasteiger partial charge in [-0.15, -0.1) is 0 Å². The molecule has 1 atom stereocenters. The van der Waals surface area contributed by atoms with E-state index in [2.05, 4.69) is 17.1 Å². The largest absolute Gasteiger partial charge is 0.481 e. The molecule has 1 amide bonds. The maximum Gasteiger partial charge on any atom is 0.265 e. The number of amides is 1. The Morgan fingerprint density at radius 2 is 1.79 bits per heavy atom. The fourth-order valence-electron chi connectivity index (χ4n) is 3.31. The van der Waals surface area contributed by atoms with E-state index in [1.165, 1.54) is 25.5 Å². The van der Waals surface area contributed by atoms with Crippen molar-refractivity contribution in [1.29, 1.82) is 0 Å². The Balaban J connectivity index is 1.56. The van der Waals surface area contributed by atoms with Crippen LogP contribution in [0, 0.1) is 5.92 Å². The van der Waals surface area contributed by atoms with Crippen molar-refractivity contribution in [2.24, 2.45) is 5.92 Å². The molecule has 0 radical (unpaired) electrons. The lowest BCUT2D eigenvalue weighted by Gasteiger charge is -2.32. The Bertz CT molecular complexity index is 824. The van der Waals surface area contributed by atoms with Gasteiger partial charge in [0, 0.05) is 30.0 Å². The average molecular weight is 380 g/mol. The number of piperidine rings is 1. The number of benzene rings is 2. The average Bonchev–Trinajstić information content (AvgIpc) is 2.69. The van der Waals surface area contributed by atoms with Crippen LogP contribution in [-0.4, -0.2) is 30.9 Å². The highest BCUT2D eigenvalue weighted by Crippen LogP contribution is 2.24. The molecule has 1 unspecified atom stereocenters. The highest BCUT2D eigenvalue weighted by Gasteiger charge is 2.17. The number of carbonyl (C=O) groups excluding carboxylic acids is 2. The summed E-state index contributed by atoms with van der Waals surface area (Å²) in [4.78, 5) is 26.3. The zero-order chi connectivity index (χ0) is 20.1. The Kier molecular flexibility index (Phi) is 6.34. The summed E-state index contributed by atoms with van der Waals surface area (Å²) in [6.45, 7) is 7.66. The van der Waals surface area contributed by atoms with Crippen LogP contribution in [0.15, 0.2) is 48.5 Å². The number of hydrogen-bond acceptors (Lipinski definition) is 4. The first-order chi connectivity index (χ1) is 13.4. The summed E-state index contributed by atoms with van der Waals surface area (Å²) in [5.74, 6) is 1.04. The van der Waals surface area contributed by atoms with Gasteiger partial charge in [-0.1, -0.05) is 19.1 Å². The molecule has 1 aliphatic rings. The second kappa shape index (κ2) is 8.91. The summed E-state index contributed by atoms with van der Waals surface area (Å²) in [5, 5.41) is 2.89. The Morgan fingerprint density at radius 1 is 1.11 bits per heavy atom. The minimum Gasteiger partial charge on any atom is -0.481 e. The van der Waals surface area contributed by atoms with Gasteiger partial charge in [0.2, 0.25) is 0 Å². The molecule has 1 fully saturated rings. The zero-order valence-electron chi connectivity index (χ0n) is 16.8. The molecule has 3 rings (SSSR count). The smallest absolute Gasteiger partial charge is 0.265 e. The molecule has 2 aromatic rings. The normalized spacial score (nSPS) is 15.8. The molecule has 1 heterocycles. The van der Waals surface area contributed by atoms with Crippen LogP contribution in [0.5, 0.6) is 5.75 Å². The van der Waals surface area contributed by atoms with E-state index < -0.39 is 6.10 Å². The van der Waals surface area contributed by atoms with Gasteiger partial charge in [-0.2, -0.15) is 0 Å². The summed E-state index contributed by atoms with van der Waals surface area (Å²) < 4.78 is 5.70. The molecule has 1 N–H and O–H groups in total. The fraction of sp³-hybridized carbons (Fsp3) is 0.391. The molecule has 2 aromatic carbocycles. The Hall–Kier alpha value is -2.82. The first-order valence-electron chi connectivity index (χ1n) is 9.86. The van der Waals surface area contributed by atoms with Crippen LogP contribution in [0.1, 0.15) is 44.0 Å². The predicted molar refractivity (Wildman–Crippen MR) is 112 cm³/mol. The maximum atomic E-state index is 12.4. The van der Waals surface area contributed by atoms with Gasteiger partial charge in [-0.25, -0.2) is 0 Å². The molecule has 1 aliphatic heterocycles. The van der Waals surface area contributed by atoms with Crippen LogP contribution in [-0.2, 0) is 4.79 Å². The summed E-state index contributed by atoms with van der Waals surface area (Å²) in [5.41, 5.74) is 2.50. The van der Waals surface area contributed by atoms with Crippen LogP contribution in [0.3, 0.4) is 0 Å². The predicted octanol–water partition coefficient (Wildman–Crippen LogP) is 4.53. The van der Waals surface area contributed by atoms with Crippen LogP contribution in [0.4, 0.5) is 11.4 Å². The topological polar surface area (TPSA) is 58.6 Å². The molecule has 0 aliphatic carbocycles. The molecule has 0 bridgehead atoms. The fourth-order valence-corrected chi connectivity index (χ4v) is 3.31. The van der Waals surface area contributed by atoms with Crippen molar-refractivity contribution in [3.63, 3.8) is 0 Å². The monoisotopic (exact) mass is 380 g/mol. The van der Waals surface area contributed by atoms with Gasteiger partial charge >= 0.3 is 0 Å². The third-order valence-electron chi connectivity index (χ3n) is 5.21. The minimum absolute atomic E-state index is 0.0363. The lowest BCUT2D eigenvalue weighted by Crippen LogP contribution is -2.32. The lowest BCUT2D eigenvalue weighted by molar-refractivity contribution is -0.122. The number of ketones is 1. The Labute approximate surface area is 166 Å². The van der Waals surface area contributed by atoms with E-state index in [1.54, 1.807) is 31.2 Å². The first kappa shape index (κ1) is 19.9. The number of nitrogens with zero attached hydrogens (tertiary/aromatic N) is 1. The first-order valence-corrected chi connectivity index (χ1v) is 9.86. The standard InChI is InChI=1S/C23H28N2O3/c1-16-11-13-25(14-12-16)21-9-7-20(8-10-21)24-23(27)18(3)28-22-6-4-5-19(15-22)17(2)26/h4-10,15-16,18H,11-14H2,1-3H3,(H,24,27). The van der Waals surface area contributed by atoms with Gasteiger partial charge in [0.25, 0.3) is 5.91 Å². The number of nitrogens with one attached hydrogen (secondary N) is 1. The van der Waals surface area contributed by atoms with Crippen molar-refractivity contribution in [3.8, 4) is 5.75 Å². The van der Waals surface area contributed by atoms with Crippen molar-refractivity contribution in [2.75, 3.05) is 23.3 Å². The van der Waals surface area contributed by atoms with E-state index >= 15 is 0 Å². The number of hydrogen-bond donors (Lipinski definition) is 1. The molecule has 28 heavy (non-hydrogen) atoms. The van der Waals surface area contributed by atoms with E-state index in [9.17, 15) is 9.59 Å². The van der Waals surface area contributed by atoms with Crippen molar-refractivity contribution in [3.05, 3.63) is 54.1 Å². The van der Waals surface area contributed by atoms with Gasteiger partial charge in [0.1, 0.15) is 5.75 Å². The number of rotatable bonds is 6. The summed E-state index contributed by atoms with van der Waals surface area (Å²) in [7, 11) is 0. The molecular formula is C23H28N2O3. The third kappa shape index (κ3) is 5.12. The third-order valence-corrected chi connectivity index (χ3v) is 5.21. The number of carbonyl (C=O) groups is 2. The van der Waals surface area contributed by atoms with Gasteiger partial charge in [-0.3, -0.25) is 9.59 Å². The maximum absolute atomic E-state index is 12.4. The van der Waals surface area contributed by atoms with Crippen LogP contribution >= 0.6 is 0 Å². The molecule has 148 valence electrons. The minimum atomic E-state index is -0.675. The van der Waals surface area contributed by atoms with E-state index in [0.717, 1.165) is 24.7 Å². The van der Waals surface area contributed by atoms with E-state index in [1.807, 2.05) is 24.3 Å². The van der Waals surface area contributed by atoms with Crippen molar-refractivity contribution >= 4 is 23.1 Å². The Morgan fingerprint density at radius 3 is 2.43 bits per heavy atom. The summed E-state index contributed by atoms with van der Waals surface area (Å²) in [6.07, 6.45) is 1.77. The molecule has 5 nitrogen and oxygen atoms in total. The second-order valence-corrected chi connectivity index (χ2v) is 7.55. The van der Waals surface area contributed by atoms with Crippen molar-refractivity contribution in [2.45, 2.75) is 39.7 Å². The summed E-state index contributed by atoms with van der Waals surface area (Å²) in [6, 6.07) is 14.8. The molecule has 1 saturated heterocycles. The van der Waals surface area contributed by atoms with Crippen LogP contribution in [0.25, 0.3) is 0 Å². The molecule has 0 saturated carbocycles. The highest BCUT2D eigenvalue weighted by atomic mass is 16.5. The molecule has 0 spiro atoms. The van der Waals surface area contributed by atoms with Gasteiger partial charge in [-0.05, 0) is 69.0 Å². The van der Waals surface area contributed by atoms with Crippen LogP contribution in [0.2, 0.25) is 0 Å². The van der Waals surface area contributed by atoms with Crippen LogP contribution < -0.4 is 15.0 Å². The number of ether oxygens (including phenoxy) is 1. The molecule has 5 heteroatoms. The second-order valence-electron chi connectivity index (χ2n) is 7.55.